The molecule has 0 radical (unpaired) electrons. The Morgan fingerprint density at radius 1 is 0.923 bits per heavy atom. The Kier molecular flexibility index (Phi) is 8.66. The standard InChI is InChI=1S/C29H27N3O6S/c1-20(38-17-16-35-2)25-18-27(37-4)22(19-31-25)12-11-21-8-5-6-10-24(21)32-39(33,34)28-14-13-26(36-3)23-9-7-15-30-29(23)28/h5-10,13-15,18-19,32H,1,16-17H2,2-4H3. The van der Waals surface area contributed by atoms with E-state index in [0.717, 1.165) is 0 Å². The first-order valence-corrected chi connectivity index (χ1v) is 13.3. The molecule has 0 spiro atoms. The summed E-state index contributed by atoms with van der Waals surface area (Å²) in [6.07, 6.45) is 3.09. The molecule has 0 saturated heterocycles. The van der Waals surface area contributed by atoms with E-state index in [9.17, 15) is 8.42 Å². The molecule has 0 fully saturated rings. The maximum atomic E-state index is 13.4. The van der Waals surface area contributed by atoms with Crippen LogP contribution >= 0.6 is 0 Å². The number of nitrogens with one attached hydrogen (secondary N) is 1. The quantitative estimate of drug-likeness (QED) is 0.177. The van der Waals surface area contributed by atoms with Gasteiger partial charge in [-0.2, -0.15) is 0 Å². The van der Waals surface area contributed by atoms with Crippen molar-refractivity contribution in [3.8, 4) is 23.3 Å². The van der Waals surface area contributed by atoms with Gasteiger partial charge in [0.15, 0.2) is 0 Å². The molecular weight excluding hydrogens is 518 g/mol. The van der Waals surface area contributed by atoms with Crippen molar-refractivity contribution >= 4 is 32.4 Å². The summed E-state index contributed by atoms with van der Waals surface area (Å²) in [6, 6.07) is 15.1. The average molecular weight is 546 g/mol. The number of pyridine rings is 2. The molecule has 0 amide bonds. The van der Waals surface area contributed by atoms with Gasteiger partial charge in [0, 0.05) is 36.5 Å². The van der Waals surface area contributed by atoms with E-state index in [2.05, 4.69) is 33.1 Å². The summed E-state index contributed by atoms with van der Waals surface area (Å²) in [5.74, 6) is 7.42. The van der Waals surface area contributed by atoms with Crippen molar-refractivity contribution in [2.24, 2.45) is 0 Å². The smallest absolute Gasteiger partial charge is 0.264 e. The molecule has 4 aromatic rings. The van der Waals surface area contributed by atoms with E-state index in [-0.39, 0.29) is 4.90 Å². The average Bonchev–Trinajstić information content (AvgIpc) is 2.95. The summed E-state index contributed by atoms with van der Waals surface area (Å²) < 4.78 is 50.9. The van der Waals surface area contributed by atoms with Gasteiger partial charge in [-0.1, -0.05) is 30.6 Å². The van der Waals surface area contributed by atoms with E-state index in [1.54, 1.807) is 61.8 Å². The van der Waals surface area contributed by atoms with Crippen molar-refractivity contribution in [1.82, 2.24) is 9.97 Å². The topological polar surface area (TPSA) is 109 Å². The van der Waals surface area contributed by atoms with Crippen molar-refractivity contribution in [2.45, 2.75) is 4.90 Å². The Morgan fingerprint density at radius 2 is 1.69 bits per heavy atom. The molecule has 39 heavy (non-hydrogen) atoms. The van der Waals surface area contributed by atoms with E-state index in [0.29, 0.717) is 63.9 Å². The van der Waals surface area contributed by atoms with E-state index in [1.165, 1.54) is 26.5 Å². The zero-order valence-corrected chi connectivity index (χ0v) is 22.5. The fraction of sp³-hybridized carbons (Fsp3) is 0.172. The molecule has 0 aliphatic heterocycles. The first-order valence-electron chi connectivity index (χ1n) is 11.8. The number of fused-ring (bicyclic) bond motifs is 1. The van der Waals surface area contributed by atoms with Gasteiger partial charge < -0.3 is 18.9 Å². The van der Waals surface area contributed by atoms with Gasteiger partial charge in [0.25, 0.3) is 10.0 Å². The van der Waals surface area contributed by atoms with Gasteiger partial charge in [0.1, 0.15) is 34.5 Å². The van der Waals surface area contributed by atoms with Crippen LogP contribution in [0.2, 0.25) is 0 Å². The van der Waals surface area contributed by atoms with Crippen molar-refractivity contribution in [3.63, 3.8) is 0 Å². The van der Waals surface area contributed by atoms with E-state index in [4.69, 9.17) is 18.9 Å². The third kappa shape index (κ3) is 6.29. The molecule has 10 heteroatoms. The summed E-state index contributed by atoms with van der Waals surface area (Å²) in [5, 5.41) is 0.589. The summed E-state index contributed by atoms with van der Waals surface area (Å²) in [5.41, 5.74) is 2.09. The lowest BCUT2D eigenvalue weighted by Gasteiger charge is -2.13. The van der Waals surface area contributed by atoms with E-state index >= 15 is 0 Å². The summed E-state index contributed by atoms with van der Waals surface area (Å²) in [6.45, 7) is 4.65. The second-order valence-electron chi connectivity index (χ2n) is 8.10. The summed E-state index contributed by atoms with van der Waals surface area (Å²) in [7, 11) is 0.616. The number of anilines is 1. The minimum atomic E-state index is -4.01. The Balaban J connectivity index is 1.63. The van der Waals surface area contributed by atoms with Gasteiger partial charge in [0.05, 0.1) is 37.6 Å². The van der Waals surface area contributed by atoms with Gasteiger partial charge in [-0.15, -0.1) is 0 Å². The fourth-order valence-corrected chi connectivity index (χ4v) is 4.95. The maximum absolute atomic E-state index is 13.4. The largest absolute Gasteiger partial charge is 0.496 e. The highest BCUT2D eigenvalue weighted by Gasteiger charge is 2.21. The molecule has 2 aromatic heterocycles. The van der Waals surface area contributed by atoms with Gasteiger partial charge in [-0.05, 0) is 36.4 Å². The molecule has 200 valence electrons. The van der Waals surface area contributed by atoms with Crippen LogP contribution < -0.4 is 14.2 Å². The van der Waals surface area contributed by atoms with Crippen LogP contribution in [0.5, 0.6) is 11.5 Å². The van der Waals surface area contributed by atoms with Crippen LogP contribution in [0.25, 0.3) is 16.7 Å². The molecule has 4 rings (SSSR count). The monoisotopic (exact) mass is 545 g/mol. The predicted octanol–water partition coefficient (Wildman–Crippen LogP) is 4.48. The molecule has 2 heterocycles. The van der Waals surface area contributed by atoms with Crippen LogP contribution in [-0.4, -0.2) is 52.9 Å². The molecular formula is C29H27N3O6S. The van der Waals surface area contributed by atoms with Crippen LogP contribution in [0.4, 0.5) is 5.69 Å². The lowest BCUT2D eigenvalue weighted by atomic mass is 10.1. The Morgan fingerprint density at radius 3 is 2.46 bits per heavy atom. The number of ether oxygens (including phenoxy) is 4. The summed E-state index contributed by atoms with van der Waals surface area (Å²) in [4.78, 5) is 8.68. The first kappa shape index (κ1) is 27.4. The number of sulfonamides is 1. The third-order valence-electron chi connectivity index (χ3n) is 5.64. The van der Waals surface area contributed by atoms with Gasteiger partial charge in [0.2, 0.25) is 0 Å². The molecule has 0 aliphatic rings. The highest BCUT2D eigenvalue weighted by atomic mass is 32.2. The van der Waals surface area contributed by atoms with E-state index in [1.807, 2.05) is 0 Å². The molecule has 0 aliphatic carbocycles. The van der Waals surface area contributed by atoms with Crippen LogP contribution in [0.1, 0.15) is 16.8 Å². The minimum Gasteiger partial charge on any atom is -0.496 e. The van der Waals surface area contributed by atoms with Crippen LogP contribution in [0.3, 0.4) is 0 Å². The summed E-state index contributed by atoms with van der Waals surface area (Å²) >= 11 is 0. The fourth-order valence-electron chi connectivity index (χ4n) is 3.71. The number of hydrogen-bond acceptors (Lipinski definition) is 8. The number of benzene rings is 2. The second-order valence-corrected chi connectivity index (χ2v) is 9.75. The third-order valence-corrected chi connectivity index (χ3v) is 7.04. The van der Waals surface area contributed by atoms with Crippen LogP contribution in [0, 0.1) is 11.8 Å². The Bertz CT molecular complexity index is 1680. The number of rotatable bonds is 10. The van der Waals surface area contributed by atoms with E-state index < -0.39 is 10.0 Å². The van der Waals surface area contributed by atoms with Crippen molar-refractivity contribution in [3.05, 3.63) is 90.4 Å². The van der Waals surface area contributed by atoms with Crippen LogP contribution in [-0.2, 0) is 19.5 Å². The molecule has 0 atom stereocenters. The first-order chi connectivity index (χ1) is 18.9. The van der Waals surface area contributed by atoms with Crippen molar-refractivity contribution in [1.29, 1.82) is 0 Å². The van der Waals surface area contributed by atoms with Gasteiger partial charge in [-0.3, -0.25) is 14.7 Å². The Hall–Kier alpha value is -4.59. The number of aromatic nitrogens is 2. The predicted molar refractivity (Wildman–Crippen MR) is 149 cm³/mol. The zero-order chi connectivity index (χ0) is 27.8. The molecule has 1 N–H and O–H groups in total. The number of para-hydroxylation sites is 1. The van der Waals surface area contributed by atoms with Crippen molar-refractivity contribution < 1.29 is 27.4 Å². The zero-order valence-electron chi connectivity index (χ0n) is 21.7. The number of nitrogens with zero attached hydrogens (tertiary/aromatic N) is 2. The lowest BCUT2D eigenvalue weighted by Crippen LogP contribution is -2.14. The molecule has 0 unspecified atom stereocenters. The SMILES string of the molecule is C=C(OCCOC)c1cc(OC)c(C#Cc2ccccc2NS(=O)(=O)c2ccc(OC)c3cccnc23)cn1. The van der Waals surface area contributed by atoms with Crippen molar-refractivity contribution in [2.75, 3.05) is 39.3 Å². The van der Waals surface area contributed by atoms with Crippen LogP contribution in [0.15, 0.2) is 78.5 Å². The molecule has 9 nitrogen and oxygen atoms in total. The number of hydrogen-bond donors (Lipinski definition) is 1. The van der Waals surface area contributed by atoms with Gasteiger partial charge in [-0.25, -0.2) is 8.42 Å². The maximum Gasteiger partial charge on any atom is 0.264 e. The minimum absolute atomic E-state index is 0.0241. The Labute approximate surface area is 227 Å². The number of methoxy groups -OCH3 is 3. The highest BCUT2D eigenvalue weighted by Crippen LogP contribution is 2.31. The highest BCUT2D eigenvalue weighted by molar-refractivity contribution is 7.93. The molecule has 0 saturated carbocycles. The molecule has 0 bridgehead atoms. The lowest BCUT2D eigenvalue weighted by molar-refractivity contribution is 0.133. The normalized spacial score (nSPS) is 10.8. The molecule has 2 aromatic carbocycles. The second kappa shape index (κ2) is 12.3. The van der Waals surface area contributed by atoms with Gasteiger partial charge >= 0.3 is 0 Å².